The van der Waals surface area contributed by atoms with Crippen LogP contribution < -0.4 is 5.32 Å². The number of rotatable bonds is 3. The van der Waals surface area contributed by atoms with Crippen LogP contribution in [0.3, 0.4) is 0 Å². The van der Waals surface area contributed by atoms with Crippen LogP contribution in [0.1, 0.15) is 20.3 Å². The van der Waals surface area contributed by atoms with Gasteiger partial charge in [-0.15, -0.1) is 0 Å². The SMILES string of the molecule is [CH+]=C(C)C(CC)NC. The Morgan fingerprint density at radius 1 is 1.75 bits per heavy atom. The highest BCUT2D eigenvalue weighted by atomic mass is 14.9. The van der Waals surface area contributed by atoms with Crippen molar-refractivity contribution in [3.05, 3.63) is 12.2 Å². The number of likely N-dealkylation sites (N-methyl/N-ethyl adjacent to an activating group) is 1. The van der Waals surface area contributed by atoms with Crippen molar-refractivity contribution in [1.82, 2.24) is 5.32 Å². The standard InChI is InChI=1S/C7H14N/c1-5-7(8-4)6(2)3/h2,7-8H,5H2,1,3-4H3/q+1. The van der Waals surface area contributed by atoms with Gasteiger partial charge in [0, 0.05) is 6.92 Å². The van der Waals surface area contributed by atoms with E-state index in [0.29, 0.717) is 6.04 Å². The van der Waals surface area contributed by atoms with Gasteiger partial charge in [0.05, 0.1) is 6.04 Å². The smallest absolute Gasteiger partial charge is 0.206 e. The van der Waals surface area contributed by atoms with Crippen LogP contribution in [-0.2, 0) is 0 Å². The third-order valence-electron chi connectivity index (χ3n) is 1.31. The monoisotopic (exact) mass is 112 g/mol. The second-order valence-electron chi connectivity index (χ2n) is 1.99. The molecule has 1 nitrogen and oxygen atoms in total. The summed E-state index contributed by atoms with van der Waals surface area (Å²) in [5, 5.41) is 3.09. The molecule has 8 heavy (non-hydrogen) atoms. The summed E-state index contributed by atoms with van der Waals surface area (Å²) < 4.78 is 0. The van der Waals surface area contributed by atoms with Crippen molar-refractivity contribution in [2.24, 2.45) is 0 Å². The van der Waals surface area contributed by atoms with Gasteiger partial charge < -0.3 is 5.32 Å². The molecule has 0 amide bonds. The molecule has 0 saturated carbocycles. The highest BCUT2D eigenvalue weighted by Crippen LogP contribution is 1.99. The lowest BCUT2D eigenvalue weighted by Crippen LogP contribution is -2.24. The Morgan fingerprint density at radius 3 is 2.25 bits per heavy atom. The van der Waals surface area contributed by atoms with E-state index in [0.717, 1.165) is 12.0 Å². The van der Waals surface area contributed by atoms with E-state index in [9.17, 15) is 0 Å². The van der Waals surface area contributed by atoms with Gasteiger partial charge in [0.15, 0.2) is 5.57 Å². The van der Waals surface area contributed by atoms with Gasteiger partial charge in [-0.25, -0.2) is 0 Å². The largest absolute Gasteiger partial charge is 0.310 e. The molecule has 0 aromatic heterocycles. The predicted octanol–water partition coefficient (Wildman–Crippen LogP) is 1.36. The molecule has 0 fully saturated rings. The summed E-state index contributed by atoms with van der Waals surface area (Å²) in [6.07, 6.45) is 1.07. The lowest BCUT2D eigenvalue weighted by atomic mass is 10.1. The van der Waals surface area contributed by atoms with Crippen molar-refractivity contribution in [2.45, 2.75) is 26.3 Å². The summed E-state index contributed by atoms with van der Waals surface area (Å²) in [5.41, 5.74) is 0.968. The van der Waals surface area contributed by atoms with Crippen LogP contribution in [-0.4, -0.2) is 13.1 Å². The molecule has 0 spiro atoms. The summed E-state index contributed by atoms with van der Waals surface area (Å²) in [4.78, 5) is 0. The first-order valence-electron chi connectivity index (χ1n) is 2.98. The summed E-state index contributed by atoms with van der Waals surface area (Å²) in [6.45, 7) is 9.56. The molecular formula is C7H14N+. The molecule has 0 aliphatic heterocycles. The van der Waals surface area contributed by atoms with Crippen LogP contribution in [0.4, 0.5) is 0 Å². The summed E-state index contributed by atoms with van der Waals surface area (Å²) in [6, 6.07) is 0.398. The second-order valence-corrected chi connectivity index (χ2v) is 1.99. The number of hydrogen-bond acceptors (Lipinski definition) is 1. The molecule has 0 radical (unpaired) electrons. The molecule has 0 heterocycles. The van der Waals surface area contributed by atoms with E-state index in [2.05, 4.69) is 12.2 Å². The Morgan fingerprint density at radius 2 is 2.25 bits per heavy atom. The van der Waals surface area contributed by atoms with Gasteiger partial charge in [0.25, 0.3) is 0 Å². The van der Waals surface area contributed by atoms with Gasteiger partial charge in [-0.2, -0.15) is 0 Å². The molecular weight excluding hydrogens is 98.1 g/mol. The maximum Gasteiger partial charge on any atom is 0.206 e. The first-order valence-corrected chi connectivity index (χ1v) is 2.98. The minimum absolute atomic E-state index is 0.398. The highest BCUT2D eigenvalue weighted by Gasteiger charge is 2.08. The summed E-state index contributed by atoms with van der Waals surface area (Å²) in [5.74, 6) is 0. The Kier molecular flexibility index (Phi) is 3.42. The van der Waals surface area contributed by atoms with Crippen LogP contribution in [0, 0.1) is 6.58 Å². The van der Waals surface area contributed by atoms with Crippen molar-refractivity contribution in [3.8, 4) is 0 Å². The summed E-state index contributed by atoms with van der Waals surface area (Å²) >= 11 is 0. The van der Waals surface area contributed by atoms with Crippen molar-refractivity contribution in [3.63, 3.8) is 0 Å². The van der Waals surface area contributed by atoms with E-state index < -0.39 is 0 Å². The fourth-order valence-corrected chi connectivity index (χ4v) is 0.754. The fourth-order valence-electron chi connectivity index (χ4n) is 0.754. The molecule has 0 aliphatic carbocycles. The minimum atomic E-state index is 0.398. The zero-order chi connectivity index (χ0) is 6.57. The van der Waals surface area contributed by atoms with Crippen LogP contribution >= 0.6 is 0 Å². The van der Waals surface area contributed by atoms with Crippen LogP contribution in [0.15, 0.2) is 5.57 Å². The van der Waals surface area contributed by atoms with Gasteiger partial charge in [-0.1, -0.05) is 6.92 Å². The Balaban J connectivity index is 3.52. The van der Waals surface area contributed by atoms with Gasteiger partial charge in [0.1, 0.15) is 0 Å². The van der Waals surface area contributed by atoms with Gasteiger partial charge >= 0.3 is 0 Å². The fraction of sp³-hybridized carbons (Fsp3) is 0.714. The molecule has 0 aromatic carbocycles. The maximum atomic E-state index is 5.51. The molecule has 0 saturated heterocycles. The van der Waals surface area contributed by atoms with E-state index >= 15 is 0 Å². The van der Waals surface area contributed by atoms with Crippen molar-refractivity contribution in [2.75, 3.05) is 7.05 Å². The van der Waals surface area contributed by atoms with Gasteiger partial charge in [0.2, 0.25) is 6.58 Å². The number of nitrogens with one attached hydrogen (secondary N) is 1. The van der Waals surface area contributed by atoms with E-state index in [1.165, 1.54) is 0 Å². The van der Waals surface area contributed by atoms with E-state index in [-0.39, 0.29) is 0 Å². The molecule has 1 unspecified atom stereocenters. The predicted molar refractivity (Wildman–Crippen MR) is 36.6 cm³/mol. The molecule has 1 heteroatoms. The van der Waals surface area contributed by atoms with E-state index in [1.54, 1.807) is 0 Å². The Bertz CT molecular complexity index is 72.5. The molecule has 0 rings (SSSR count). The van der Waals surface area contributed by atoms with Crippen molar-refractivity contribution < 1.29 is 0 Å². The number of hydrogen-bond donors (Lipinski definition) is 1. The lowest BCUT2D eigenvalue weighted by Gasteiger charge is -2.05. The molecule has 1 N–H and O–H groups in total. The Labute approximate surface area is 51.8 Å². The third kappa shape index (κ3) is 2.06. The van der Waals surface area contributed by atoms with Crippen LogP contribution in [0.25, 0.3) is 0 Å². The highest BCUT2D eigenvalue weighted by molar-refractivity contribution is 4.97. The lowest BCUT2D eigenvalue weighted by molar-refractivity contribution is 0.617. The second kappa shape index (κ2) is 3.59. The average molecular weight is 112 g/mol. The quantitative estimate of drug-likeness (QED) is 0.544. The molecule has 0 bridgehead atoms. The third-order valence-corrected chi connectivity index (χ3v) is 1.31. The van der Waals surface area contributed by atoms with E-state index in [4.69, 9.17) is 6.58 Å². The van der Waals surface area contributed by atoms with Gasteiger partial charge in [-0.05, 0) is 13.5 Å². The zero-order valence-corrected chi connectivity index (χ0v) is 5.86. The zero-order valence-electron chi connectivity index (χ0n) is 5.86. The van der Waals surface area contributed by atoms with Crippen LogP contribution in [0.5, 0.6) is 0 Å². The van der Waals surface area contributed by atoms with Crippen molar-refractivity contribution >= 4 is 0 Å². The molecule has 1 atom stereocenters. The minimum Gasteiger partial charge on any atom is -0.310 e. The van der Waals surface area contributed by atoms with E-state index in [1.807, 2.05) is 14.0 Å². The topological polar surface area (TPSA) is 12.0 Å². The first-order chi connectivity index (χ1) is 3.72. The molecule has 0 aliphatic rings. The van der Waals surface area contributed by atoms with Crippen molar-refractivity contribution in [1.29, 1.82) is 0 Å². The average Bonchev–Trinajstić information content (AvgIpc) is 1.69. The molecule has 46 valence electrons. The first kappa shape index (κ1) is 7.61. The maximum absolute atomic E-state index is 5.51. The summed E-state index contributed by atoms with van der Waals surface area (Å²) in [7, 11) is 1.92. The molecule has 0 aromatic rings. The van der Waals surface area contributed by atoms with Crippen LogP contribution in [0.2, 0.25) is 0 Å². The van der Waals surface area contributed by atoms with Gasteiger partial charge in [-0.3, -0.25) is 0 Å². The normalized spacial score (nSPS) is 13.2. The Hall–Kier alpha value is -0.390.